The molecule has 3 nitrogen and oxygen atoms in total. The summed E-state index contributed by atoms with van der Waals surface area (Å²) in [6, 6.07) is 8.28. The Labute approximate surface area is 136 Å². The molecule has 4 heteroatoms. The zero-order chi connectivity index (χ0) is 16.1. The number of nitriles is 1. The van der Waals surface area contributed by atoms with E-state index in [2.05, 4.69) is 48.1 Å². The molecule has 21 heavy (non-hydrogen) atoms. The van der Waals surface area contributed by atoms with E-state index in [4.69, 9.17) is 10.00 Å². The third-order valence-electron chi connectivity index (χ3n) is 3.12. The van der Waals surface area contributed by atoms with Crippen LogP contribution in [0.15, 0.2) is 22.7 Å². The van der Waals surface area contributed by atoms with Crippen LogP contribution in [0.3, 0.4) is 0 Å². The van der Waals surface area contributed by atoms with Crippen LogP contribution in [0, 0.1) is 16.7 Å². The fraction of sp³-hybridized carbons (Fsp3) is 0.588. The maximum Gasteiger partial charge on any atom is 0.119 e. The largest absolute Gasteiger partial charge is 0.494 e. The average molecular weight is 353 g/mol. The summed E-state index contributed by atoms with van der Waals surface area (Å²) in [6.07, 6.45) is 0.717. The maximum absolute atomic E-state index is 9.00. The molecule has 1 rings (SSSR count). The molecule has 1 aromatic carbocycles. The van der Waals surface area contributed by atoms with Crippen LogP contribution < -0.4 is 10.1 Å². The molecule has 0 aliphatic carbocycles. The van der Waals surface area contributed by atoms with Crippen molar-refractivity contribution in [2.75, 3.05) is 6.61 Å². The maximum atomic E-state index is 9.00. The highest BCUT2D eigenvalue weighted by molar-refractivity contribution is 9.10. The van der Waals surface area contributed by atoms with Gasteiger partial charge in [0.2, 0.25) is 0 Å². The number of nitrogens with one attached hydrogen (secondary N) is 1. The van der Waals surface area contributed by atoms with Crippen molar-refractivity contribution < 1.29 is 4.74 Å². The molecular formula is C17H25BrN2O. The average Bonchev–Trinajstić information content (AvgIpc) is 2.38. The first-order valence-electron chi connectivity index (χ1n) is 7.20. The zero-order valence-corrected chi connectivity index (χ0v) is 15.2. The molecule has 0 fully saturated rings. The van der Waals surface area contributed by atoms with Gasteiger partial charge in [-0.2, -0.15) is 5.26 Å². The third kappa shape index (κ3) is 6.97. The molecule has 1 aromatic rings. The number of hydrogen-bond donors (Lipinski definition) is 1. The summed E-state index contributed by atoms with van der Waals surface area (Å²) in [5.41, 5.74) is 0.904. The number of benzene rings is 1. The molecule has 0 aliphatic heterocycles. The van der Waals surface area contributed by atoms with Gasteiger partial charge < -0.3 is 10.1 Å². The summed E-state index contributed by atoms with van der Waals surface area (Å²) < 4.78 is 6.84. The second kappa shape index (κ2) is 7.29. The lowest BCUT2D eigenvalue weighted by Crippen LogP contribution is -2.35. The second-order valence-corrected chi connectivity index (χ2v) is 7.81. The number of rotatable bonds is 6. The van der Waals surface area contributed by atoms with Crippen molar-refractivity contribution in [1.29, 1.82) is 5.26 Å². The quantitative estimate of drug-likeness (QED) is 0.809. The van der Waals surface area contributed by atoms with Crippen molar-refractivity contribution in [2.45, 2.75) is 53.1 Å². The van der Waals surface area contributed by atoms with E-state index in [1.165, 1.54) is 5.56 Å². The Morgan fingerprint density at radius 1 is 1.24 bits per heavy atom. The van der Waals surface area contributed by atoms with Gasteiger partial charge in [0.05, 0.1) is 18.1 Å². The van der Waals surface area contributed by atoms with E-state index in [1.54, 1.807) is 0 Å². The minimum absolute atomic E-state index is 0.0765. The zero-order valence-electron chi connectivity index (χ0n) is 13.6. The van der Waals surface area contributed by atoms with E-state index >= 15 is 0 Å². The van der Waals surface area contributed by atoms with E-state index in [0.29, 0.717) is 6.61 Å². The van der Waals surface area contributed by atoms with Crippen molar-refractivity contribution in [1.82, 2.24) is 5.32 Å². The third-order valence-corrected chi connectivity index (χ3v) is 3.90. The van der Waals surface area contributed by atoms with Gasteiger partial charge in [-0.15, -0.1) is 0 Å². The smallest absolute Gasteiger partial charge is 0.119 e. The SMILES string of the molecule is CC(C)(C#N)CCOc1ccc(Br)c(CNC(C)(C)C)c1. The van der Waals surface area contributed by atoms with Crippen molar-refractivity contribution in [2.24, 2.45) is 5.41 Å². The Kier molecular flexibility index (Phi) is 6.24. The fourth-order valence-corrected chi connectivity index (χ4v) is 2.00. The molecule has 1 N–H and O–H groups in total. The van der Waals surface area contributed by atoms with Gasteiger partial charge in [0.15, 0.2) is 0 Å². The van der Waals surface area contributed by atoms with E-state index < -0.39 is 0 Å². The summed E-state index contributed by atoms with van der Waals surface area (Å²) in [4.78, 5) is 0. The Morgan fingerprint density at radius 2 is 1.90 bits per heavy atom. The molecule has 0 unspecified atom stereocenters. The number of halogens is 1. The van der Waals surface area contributed by atoms with Crippen LogP contribution in [-0.4, -0.2) is 12.1 Å². The topological polar surface area (TPSA) is 45.0 Å². The van der Waals surface area contributed by atoms with Crippen LogP contribution in [-0.2, 0) is 6.54 Å². The van der Waals surface area contributed by atoms with Crippen LogP contribution in [0.2, 0.25) is 0 Å². The minimum atomic E-state index is -0.341. The predicted octanol–water partition coefficient (Wildman–Crippen LogP) is 4.66. The molecule has 0 aliphatic rings. The van der Waals surface area contributed by atoms with Gasteiger partial charge in [0.1, 0.15) is 5.75 Å². The summed E-state index contributed by atoms with van der Waals surface area (Å²) in [6.45, 7) is 11.6. The van der Waals surface area contributed by atoms with Crippen molar-refractivity contribution in [3.63, 3.8) is 0 Å². The summed E-state index contributed by atoms with van der Waals surface area (Å²) in [5, 5.41) is 12.5. The first-order chi connectivity index (χ1) is 9.63. The van der Waals surface area contributed by atoms with Crippen molar-refractivity contribution in [3.05, 3.63) is 28.2 Å². The highest BCUT2D eigenvalue weighted by Crippen LogP contribution is 2.24. The van der Waals surface area contributed by atoms with Crippen molar-refractivity contribution in [3.8, 4) is 11.8 Å². The number of hydrogen-bond acceptors (Lipinski definition) is 3. The predicted molar refractivity (Wildman–Crippen MR) is 90.2 cm³/mol. The lowest BCUT2D eigenvalue weighted by atomic mass is 9.92. The fourth-order valence-electron chi connectivity index (χ4n) is 1.62. The molecule has 0 atom stereocenters. The van der Waals surface area contributed by atoms with Crippen LogP contribution in [0.5, 0.6) is 5.75 Å². The highest BCUT2D eigenvalue weighted by atomic mass is 79.9. The van der Waals surface area contributed by atoms with Crippen LogP contribution >= 0.6 is 15.9 Å². The van der Waals surface area contributed by atoms with Gasteiger partial charge in [-0.3, -0.25) is 0 Å². The first-order valence-corrected chi connectivity index (χ1v) is 8.00. The van der Waals surface area contributed by atoms with Crippen LogP contribution in [0.1, 0.15) is 46.6 Å². The van der Waals surface area contributed by atoms with Crippen molar-refractivity contribution >= 4 is 15.9 Å². The molecule has 116 valence electrons. The van der Waals surface area contributed by atoms with Gasteiger partial charge in [-0.1, -0.05) is 15.9 Å². The van der Waals surface area contributed by atoms with E-state index in [-0.39, 0.29) is 11.0 Å². The van der Waals surface area contributed by atoms with Gasteiger partial charge in [-0.05, 0) is 64.8 Å². The molecular weight excluding hydrogens is 328 g/mol. The monoisotopic (exact) mass is 352 g/mol. The molecule has 0 heterocycles. The summed E-state index contributed by atoms with van der Waals surface area (Å²) in [5.74, 6) is 0.845. The molecule has 0 spiro atoms. The highest BCUT2D eigenvalue weighted by Gasteiger charge is 2.16. The number of nitrogens with zero attached hydrogens (tertiary/aromatic N) is 1. The Morgan fingerprint density at radius 3 is 2.48 bits per heavy atom. The Balaban J connectivity index is 2.63. The molecule has 0 aromatic heterocycles. The summed E-state index contributed by atoms with van der Waals surface area (Å²) >= 11 is 3.57. The van der Waals surface area contributed by atoms with E-state index in [1.807, 2.05) is 32.0 Å². The summed E-state index contributed by atoms with van der Waals surface area (Å²) in [7, 11) is 0. The van der Waals surface area contributed by atoms with Gasteiger partial charge in [-0.25, -0.2) is 0 Å². The molecule has 0 saturated carbocycles. The lowest BCUT2D eigenvalue weighted by molar-refractivity contribution is 0.264. The molecule has 0 bridgehead atoms. The van der Waals surface area contributed by atoms with Gasteiger partial charge >= 0.3 is 0 Å². The standard InChI is InChI=1S/C17H25BrN2O/c1-16(2,3)20-11-13-10-14(6-7-15(13)18)21-9-8-17(4,5)12-19/h6-7,10,20H,8-9,11H2,1-5H3. The molecule has 0 amide bonds. The van der Waals surface area contributed by atoms with Gasteiger partial charge in [0, 0.05) is 16.6 Å². The van der Waals surface area contributed by atoms with Crippen LogP contribution in [0.25, 0.3) is 0 Å². The first kappa shape index (κ1) is 18.0. The van der Waals surface area contributed by atoms with Gasteiger partial charge in [0.25, 0.3) is 0 Å². The Bertz CT molecular complexity index is 513. The van der Waals surface area contributed by atoms with Crippen LogP contribution in [0.4, 0.5) is 0 Å². The number of ether oxygens (including phenoxy) is 1. The molecule has 0 radical (unpaired) electrons. The molecule has 0 saturated heterocycles. The minimum Gasteiger partial charge on any atom is -0.494 e. The van der Waals surface area contributed by atoms with E-state index in [9.17, 15) is 0 Å². The lowest BCUT2D eigenvalue weighted by Gasteiger charge is -2.21. The van der Waals surface area contributed by atoms with E-state index in [0.717, 1.165) is 23.2 Å². The normalized spacial score (nSPS) is 12.0. The Hall–Kier alpha value is -1.05. The second-order valence-electron chi connectivity index (χ2n) is 6.95.